The second kappa shape index (κ2) is 7.47. The monoisotopic (exact) mass is 413 g/mol. The van der Waals surface area contributed by atoms with Crippen molar-refractivity contribution in [3.05, 3.63) is 83.9 Å². The number of anilines is 3. The van der Waals surface area contributed by atoms with Gasteiger partial charge in [-0.15, -0.1) is 0 Å². The maximum Gasteiger partial charge on any atom is 0.247 e. The van der Waals surface area contributed by atoms with Crippen LogP contribution in [-0.2, 0) is 9.59 Å². The molecule has 1 N–H and O–H groups in total. The molecule has 3 aromatic carbocycles. The summed E-state index contributed by atoms with van der Waals surface area (Å²) >= 11 is 0. The normalized spacial score (nSPS) is 20.1. The lowest BCUT2D eigenvalue weighted by molar-refractivity contribution is -0.126. The number of ether oxygens (including phenoxy) is 1. The van der Waals surface area contributed by atoms with Gasteiger partial charge in [-0.2, -0.15) is 0 Å². The van der Waals surface area contributed by atoms with E-state index in [9.17, 15) is 9.59 Å². The Labute approximate surface area is 181 Å². The zero-order chi connectivity index (χ0) is 21.5. The molecule has 2 heterocycles. The number of methoxy groups -OCH3 is 1. The standard InChI is InChI=1S/C25H23N3O3/c1-16-7-3-5-9-20(16)28-23(29)15-22-24(30)26-19-8-4-6-10-21(19)27(22)25(28)17-11-13-18(31-2)14-12-17/h3-14,22,25H,15H2,1-2H3,(H,26,30)/t22-,25-/m0/s1. The molecule has 2 aliphatic heterocycles. The maximum atomic E-state index is 13.5. The summed E-state index contributed by atoms with van der Waals surface area (Å²) < 4.78 is 5.33. The van der Waals surface area contributed by atoms with Gasteiger partial charge >= 0.3 is 0 Å². The summed E-state index contributed by atoms with van der Waals surface area (Å²) in [5.74, 6) is 0.502. The topological polar surface area (TPSA) is 61.9 Å². The van der Waals surface area contributed by atoms with Gasteiger partial charge < -0.3 is 15.0 Å². The Morgan fingerprint density at radius 1 is 0.903 bits per heavy atom. The zero-order valence-corrected chi connectivity index (χ0v) is 17.4. The van der Waals surface area contributed by atoms with Crippen LogP contribution in [0.5, 0.6) is 5.75 Å². The third-order valence-corrected chi connectivity index (χ3v) is 6.01. The fourth-order valence-corrected chi connectivity index (χ4v) is 4.52. The number of carbonyl (C=O) groups excluding carboxylic acids is 2. The number of nitrogens with one attached hydrogen (secondary N) is 1. The zero-order valence-electron chi connectivity index (χ0n) is 17.4. The van der Waals surface area contributed by atoms with E-state index in [0.29, 0.717) is 0 Å². The Balaban J connectivity index is 1.73. The first-order chi connectivity index (χ1) is 15.1. The highest BCUT2D eigenvalue weighted by atomic mass is 16.5. The molecule has 0 saturated carbocycles. The van der Waals surface area contributed by atoms with Crippen LogP contribution in [0.2, 0.25) is 0 Å². The van der Waals surface area contributed by atoms with E-state index in [4.69, 9.17) is 4.74 Å². The van der Waals surface area contributed by atoms with Gasteiger partial charge in [0, 0.05) is 5.69 Å². The predicted octanol–water partition coefficient (Wildman–Crippen LogP) is 4.27. The maximum absolute atomic E-state index is 13.5. The SMILES string of the molecule is COc1ccc([C@@H]2N(c3ccccc3C)C(=O)C[C@H]3C(=O)Nc4ccccc4N23)cc1. The smallest absolute Gasteiger partial charge is 0.247 e. The highest BCUT2D eigenvalue weighted by Gasteiger charge is 2.47. The second-order valence-electron chi connectivity index (χ2n) is 7.83. The van der Waals surface area contributed by atoms with E-state index in [1.807, 2.05) is 84.6 Å². The molecule has 2 amide bonds. The molecular formula is C25H23N3O3. The minimum Gasteiger partial charge on any atom is -0.497 e. The average molecular weight is 413 g/mol. The Hall–Kier alpha value is -3.80. The lowest BCUT2D eigenvalue weighted by Crippen LogP contribution is -2.61. The summed E-state index contributed by atoms with van der Waals surface area (Å²) in [6.45, 7) is 2.00. The average Bonchev–Trinajstić information content (AvgIpc) is 2.79. The largest absolute Gasteiger partial charge is 0.497 e. The molecule has 1 saturated heterocycles. The fourth-order valence-electron chi connectivity index (χ4n) is 4.52. The number of rotatable bonds is 3. The summed E-state index contributed by atoms with van der Waals surface area (Å²) in [7, 11) is 1.63. The third kappa shape index (κ3) is 3.11. The molecule has 1 fully saturated rings. The minimum atomic E-state index is -0.574. The van der Waals surface area contributed by atoms with Gasteiger partial charge in [-0.25, -0.2) is 0 Å². The van der Waals surface area contributed by atoms with Crippen LogP contribution < -0.4 is 19.9 Å². The van der Waals surface area contributed by atoms with Crippen molar-refractivity contribution >= 4 is 28.9 Å². The molecular weight excluding hydrogens is 390 g/mol. The quantitative estimate of drug-likeness (QED) is 0.697. The Kier molecular flexibility index (Phi) is 4.62. The van der Waals surface area contributed by atoms with Crippen LogP contribution >= 0.6 is 0 Å². The van der Waals surface area contributed by atoms with E-state index >= 15 is 0 Å². The summed E-state index contributed by atoms with van der Waals surface area (Å²) in [5, 5.41) is 2.96. The van der Waals surface area contributed by atoms with Crippen molar-refractivity contribution in [1.29, 1.82) is 0 Å². The lowest BCUT2D eigenvalue weighted by Gasteiger charge is -2.51. The molecule has 6 nitrogen and oxygen atoms in total. The number of amides is 2. The van der Waals surface area contributed by atoms with Gasteiger partial charge in [0.25, 0.3) is 0 Å². The van der Waals surface area contributed by atoms with Gasteiger partial charge in [-0.1, -0.05) is 42.5 Å². The number of hydrogen-bond acceptors (Lipinski definition) is 4. The van der Waals surface area contributed by atoms with Crippen molar-refractivity contribution in [2.45, 2.75) is 25.6 Å². The molecule has 0 radical (unpaired) electrons. The van der Waals surface area contributed by atoms with Crippen LogP contribution in [0.4, 0.5) is 17.1 Å². The van der Waals surface area contributed by atoms with Gasteiger partial charge in [0.2, 0.25) is 11.8 Å². The van der Waals surface area contributed by atoms with Crippen LogP contribution in [0.25, 0.3) is 0 Å². The first-order valence-electron chi connectivity index (χ1n) is 10.3. The van der Waals surface area contributed by atoms with Crippen molar-refractivity contribution in [2.24, 2.45) is 0 Å². The van der Waals surface area contributed by atoms with E-state index in [-0.39, 0.29) is 18.2 Å². The molecule has 0 aliphatic carbocycles. The van der Waals surface area contributed by atoms with Gasteiger partial charge in [-0.3, -0.25) is 14.5 Å². The van der Waals surface area contributed by atoms with E-state index in [2.05, 4.69) is 10.2 Å². The van der Waals surface area contributed by atoms with Crippen LogP contribution in [0.3, 0.4) is 0 Å². The lowest BCUT2D eigenvalue weighted by atomic mass is 9.95. The number of hydrogen-bond donors (Lipinski definition) is 1. The van der Waals surface area contributed by atoms with Crippen molar-refractivity contribution in [3.63, 3.8) is 0 Å². The first kappa shape index (κ1) is 19.2. The number of nitrogens with zero attached hydrogens (tertiary/aromatic N) is 2. The van der Waals surface area contributed by atoms with Crippen LogP contribution in [0.15, 0.2) is 72.8 Å². The molecule has 156 valence electrons. The molecule has 0 bridgehead atoms. The number of fused-ring (bicyclic) bond motifs is 3. The van der Waals surface area contributed by atoms with Crippen LogP contribution in [0.1, 0.15) is 23.7 Å². The fraction of sp³-hybridized carbons (Fsp3) is 0.200. The Bertz CT molecular complexity index is 1160. The summed E-state index contributed by atoms with van der Waals surface area (Å²) in [6.07, 6.45) is -0.355. The van der Waals surface area contributed by atoms with E-state index in [0.717, 1.165) is 33.9 Å². The molecule has 6 heteroatoms. The number of para-hydroxylation sites is 3. The van der Waals surface area contributed by atoms with Crippen LogP contribution in [-0.4, -0.2) is 25.0 Å². The highest BCUT2D eigenvalue weighted by molar-refractivity contribution is 6.09. The third-order valence-electron chi connectivity index (χ3n) is 6.01. The number of benzene rings is 3. The van der Waals surface area contributed by atoms with Crippen molar-refractivity contribution in [2.75, 3.05) is 22.2 Å². The summed E-state index contributed by atoms with van der Waals surface area (Å²) in [5.41, 5.74) is 4.41. The molecule has 0 spiro atoms. The minimum absolute atomic E-state index is 0.0779. The first-order valence-corrected chi connectivity index (χ1v) is 10.3. The van der Waals surface area contributed by atoms with Crippen molar-refractivity contribution < 1.29 is 14.3 Å². The molecule has 0 unspecified atom stereocenters. The molecule has 2 atom stereocenters. The van der Waals surface area contributed by atoms with Crippen molar-refractivity contribution in [1.82, 2.24) is 0 Å². The Morgan fingerprint density at radius 2 is 1.58 bits per heavy atom. The van der Waals surface area contributed by atoms with Gasteiger partial charge in [0.15, 0.2) is 0 Å². The number of aryl methyl sites for hydroxylation is 1. The Morgan fingerprint density at radius 3 is 2.29 bits per heavy atom. The summed E-state index contributed by atoms with van der Waals surface area (Å²) in [4.78, 5) is 30.3. The van der Waals surface area contributed by atoms with Crippen LogP contribution in [0, 0.1) is 6.92 Å². The number of carbonyl (C=O) groups is 2. The van der Waals surface area contributed by atoms with Gasteiger partial charge in [-0.05, 0) is 48.4 Å². The molecule has 0 aromatic heterocycles. The van der Waals surface area contributed by atoms with Gasteiger partial charge in [0.1, 0.15) is 18.0 Å². The molecule has 3 aromatic rings. The van der Waals surface area contributed by atoms with E-state index < -0.39 is 12.2 Å². The highest BCUT2D eigenvalue weighted by Crippen LogP contribution is 2.45. The summed E-state index contributed by atoms with van der Waals surface area (Å²) in [6, 6.07) is 22.7. The van der Waals surface area contributed by atoms with Gasteiger partial charge in [0.05, 0.1) is 24.9 Å². The predicted molar refractivity (Wildman–Crippen MR) is 120 cm³/mol. The molecule has 31 heavy (non-hydrogen) atoms. The molecule has 2 aliphatic rings. The molecule has 5 rings (SSSR count). The van der Waals surface area contributed by atoms with E-state index in [1.54, 1.807) is 7.11 Å². The van der Waals surface area contributed by atoms with Crippen molar-refractivity contribution in [3.8, 4) is 5.75 Å². The van der Waals surface area contributed by atoms with E-state index in [1.165, 1.54) is 0 Å². The second-order valence-corrected chi connectivity index (χ2v) is 7.83.